The summed E-state index contributed by atoms with van der Waals surface area (Å²) in [7, 11) is 0. The van der Waals surface area contributed by atoms with Gasteiger partial charge in [-0.3, -0.25) is 14.5 Å². The van der Waals surface area contributed by atoms with Gasteiger partial charge in [0, 0.05) is 61.7 Å². The van der Waals surface area contributed by atoms with Crippen molar-refractivity contribution in [3.63, 3.8) is 0 Å². The number of rotatable bonds is 1. The summed E-state index contributed by atoms with van der Waals surface area (Å²) in [6.45, 7) is 4.70. The van der Waals surface area contributed by atoms with Gasteiger partial charge in [0.15, 0.2) is 0 Å². The van der Waals surface area contributed by atoms with Crippen LogP contribution in [0.2, 0.25) is 0 Å². The molecular weight excluding hydrogens is 316 g/mol. The second kappa shape index (κ2) is 6.01. The van der Waals surface area contributed by atoms with Gasteiger partial charge in [0.2, 0.25) is 5.56 Å². The van der Waals surface area contributed by atoms with E-state index < -0.39 is 0 Å². The van der Waals surface area contributed by atoms with Crippen molar-refractivity contribution in [2.45, 2.75) is 31.8 Å². The van der Waals surface area contributed by atoms with E-state index in [0.29, 0.717) is 35.7 Å². The number of carbonyl (C=O) groups excluding carboxylic acids is 1. The first kappa shape index (κ1) is 15.9. The summed E-state index contributed by atoms with van der Waals surface area (Å²) in [5.41, 5.74) is 1.85. The molecule has 0 radical (unpaired) electrons. The van der Waals surface area contributed by atoms with E-state index in [1.807, 2.05) is 6.07 Å². The zero-order chi connectivity index (χ0) is 17.6. The molecule has 0 spiro atoms. The number of piperidine rings is 1. The molecule has 1 N–H and O–H groups in total. The maximum absolute atomic E-state index is 11.9. The minimum atomic E-state index is -0.211. The number of ketones is 1. The Morgan fingerprint density at radius 2 is 2.04 bits per heavy atom. The molecule has 25 heavy (non-hydrogen) atoms. The quantitative estimate of drug-likeness (QED) is 0.856. The number of nitriles is 1. The number of aromatic amines is 1. The first-order chi connectivity index (χ1) is 12.1. The fourth-order valence-electron chi connectivity index (χ4n) is 4.22. The topological polar surface area (TPSA) is 80.2 Å². The predicted molar refractivity (Wildman–Crippen MR) is 95.7 cm³/mol. The third kappa shape index (κ3) is 2.71. The number of H-pyrrole nitrogens is 1. The van der Waals surface area contributed by atoms with Crippen LogP contribution in [0.15, 0.2) is 29.1 Å². The molecule has 2 aliphatic heterocycles. The fourth-order valence-corrected chi connectivity index (χ4v) is 4.22. The second-order valence-corrected chi connectivity index (χ2v) is 6.99. The maximum Gasteiger partial charge on any atom is 0.248 e. The van der Waals surface area contributed by atoms with Gasteiger partial charge in [0.05, 0.1) is 11.1 Å². The Bertz CT molecular complexity index is 943. The van der Waals surface area contributed by atoms with E-state index in [1.165, 1.54) is 6.07 Å². The van der Waals surface area contributed by atoms with E-state index in [2.05, 4.69) is 27.8 Å². The number of aromatic nitrogens is 1. The van der Waals surface area contributed by atoms with Gasteiger partial charge in [-0.1, -0.05) is 0 Å². The van der Waals surface area contributed by atoms with E-state index >= 15 is 0 Å². The molecule has 2 unspecified atom stereocenters. The molecule has 0 saturated carbocycles. The smallest absolute Gasteiger partial charge is 0.248 e. The van der Waals surface area contributed by atoms with Gasteiger partial charge in [0.1, 0.15) is 11.9 Å². The number of hydrogen-bond donors (Lipinski definition) is 1. The van der Waals surface area contributed by atoms with Crippen molar-refractivity contribution in [2.75, 3.05) is 24.5 Å². The molecule has 4 rings (SSSR count). The van der Waals surface area contributed by atoms with Crippen LogP contribution in [0.1, 0.15) is 25.3 Å². The number of carbonyl (C=O) groups is 1. The van der Waals surface area contributed by atoms with Crippen LogP contribution in [0.5, 0.6) is 0 Å². The van der Waals surface area contributed by atoms with E-state index in [9.17, 15) is 14.9 Å². The van der Waals surface area contributed by atoms with E-state index in [0.717, 1.165) is 30.7 Å². The number of pyridine rings is 1. The number of piperazine rings is 1. The van der Waals surface area contributed by atoms with Gasteiger partial charge in [-0.15, -0.1) is 0 Å². The molecule has 128 valence electrons. The van der Waals surface area contributed by atoms with Crippen LogP contribution >= 0.6 is 0 Å². The summed E-state index contributed by atoms with van der Waals surface area (Å²) in [6, 6.07) is 9.73. The Labute approximate surface area is 145 Å². The third-order valence-electron chi connectivity index (χ3n) is 5.40. The van der Waals surface area contributed by atoms with Crippen molar-refractivity contribution >= 4 is 22.4 Å². The maximum atomic E-state index is 11.9. The van der Waals surface area contributed by atoms with Crippen molar-refractivity contribution in [1.82, 2.24) is 9.88 Å². The molecule has 2 fully saturated rings. The molecule has 1 aromatic heterocycles. The minimum Gasteiger partial charge on any atom is -0.368 e. The monoisotopic (exact) mass is 336 g/mol. The lowest BCUT2D eigenvalue weighted by Crippen LogP contribution is -2.60. The summed E-state index contributed by atoms with van der Waals surface area (Å²) in [4.78, 5) is 31.1. The third-order valence-corrected chi connectivity index (χ3v) is 5.40. The van der Waals surface area contributed by atoms with Crippen LogP contribution in [-0.4, -0.2) is 47.4 Å². The molecule has 2 aromatic rings. The first-order valence-corrected chi connectivity index (χ1v) is 8.65. The van der Waals surface area contributed by atoms with Gasteiger partial charge < -0.3 is 9.88 Å². The molecule has 2 saturated heterocycles. The molecule has 3 heterocycles. The van der Waals surface area contributed by atoms with Crippen LogP contribution in [0.25, 0.3) is 10.9 Å². The van der Waals surface area contributed by atoms with Crippen molar-refractivity contribution < 1.29 is 4.79 Å². The lowest BCUT2D eigenvalue weighted by atomic mass is 9.94. The van der Waals surface area contributed by atoms with Crippen LogP contribution in [0.3, 0.4) is 0 Å². The van der Waals surface area contributed by atoms with E-state index in [1.54, 1.807) is 12.1 Å². The van der Waals surface area contributed by atoms with Crippen molar-refractivity contribution in [1.29, 1.82) is 5.26 Å². The molecule has 0 bridgehead atoms. The van der Waals surface area contributed by atoms with Crippen molar-refractivity contribution in [2.24, 2.45) is 0 Å². The zero-order valence-corrected chi connectivity index (χ0v) is 14.2. The van der Waals surface area contributed by atoms with Gasteiger partial charge in [0.25, 0.3) is 0 Å². The number of anilines is 1. The van der Waals surface area contributed by atoms with Crippen molar-refractivity contribution in [3.8, 4) is 6.07 Å². The fraction of sp³-hybridized carbons (Fsp3) is 0.421. The molecule has 0 amide bonds. The molecule has 0 aliphatic carbocycles. The summed E-state index contributed by atoms with van der Waals surface area (Å²) in [6.07, 6.45) is 1.26. The Kier molecular flexibility index (Phi) is 3.81. The molecular formula is C19H20N4O2. The summed E-state index contributed by atoms with van der Waals surface area (Å²) in [5.74, 6) is 0.337. The summed E-state index contributed by atoms with van der Waals surface area (Å²) >= 11 is 0. The number of hydrogen-bond acceptors (Lipinski definition) is 5. The number of nitrogens with zero attached hydrogens (tertiary/aromatic N) is 3. The van der Waals surface area contributed by atoms with E-state index in [-0.39, 0.29) is 11.6 Å². The van der Waals surface area contributed by atoms with Crippen LogP contribution in [-0.2, 0) is 4.79 Å². The molecule has 1 aromatic carbocycles. The SMILES string of the molecule is CC1CN(c2ccc(C#N)c3[nH]c(=O)ccc23)CC2CC(=O)CCN12. The second-order valence-electron chi connectivity index (χ2n) is 6.99. The molecule has 2 atom stereocenters. The van der Waals surface area contributed by atoms with Gasteiger partial charge >= 0.3 is 0 Å². The van der Waals surface area contributed by atoms with Gasteiger partial charge in [-0.05, 0) is 25.1 Å². The van der Waals surface area contributed by atoms with Crippen molar-refractivity contribution in [3.05, 3.63) is 40.2 Å². The summed E-state index contributed by atoms with van der Waals surface area (Å²) < 4.78 is 0. The van der Waals surface area contributed by atoms with Crippen LogP contribution < -0.4 is 10.5 Å². The highest BCUT2D eigenvalue weighted by Gasteiger charge is 2.36. The highest BCUT2D eigenvalue weighted by molar-refractivity contribution is 5.95. The first-order valence-electron chi connectivity index (χ1n) is 8.65. The molecule has 2 aliphatic rings. The van der Waals surface area contributed by atoms with Crippen LogP contribution in [0.4, 0.5) is 5.69 Å². The highest BCUT2D eigenvalue weighted by Crippen LogP contribution is 2.32. The standard InChI is InChI=1S/C19H20N4O2/c1-12-10-22(11-14-8-15(24)6-7-23(12)14)17-4-2-13(9-20)19-16(17)3-5-18(25)21-19/h2-5,12,14H,6-8,10-11H2,1H3,(H,21,25). The number of benzene rings is 1. The highest BCUT2D eigenvalue weighted by atomic mass is 16.1. The normalized spacial score (nSPS) is 24.2. The zero-order valence-electron chi connectivity index (χ0n) is 14.2. The Morgan fingerprint density at radius 3 is 2.84 bits per heavy atom. The number of fused-ring (bicyclic) bond motifs is 2. The average Bonchev–Trinajstić information content (AvgIpc) is 2.60. The predicted octanol–water partition coefficient (Wildman–Crippen LogP) is 1.64. The van der Waals surface area contributed by atoms with Crippen LogP contribution in [0, 0.1) is 11.3 Å². The van der Waals surface area contributed by atoms with E-state index in [4.69, 9.17) is 0 Å². The lowest BCUT2D eigenvalue weighted by Gasteiger charge is -2.48. The minimum absolute atomic E-state index is 0.211. The number of nitrogens with one attached hydrogen (secondary N) is 1. The van der Waals surface area contributed by atoms with Gasteiger partial charge in [-0.25, -0.2) is 0 Å². The van der Waals surface area contributed by atoms with Gasteiger partial charge in [-0.2, -0.15) is 5.26 Å². The summed E-state index contributed by atoms with van der Waals surface area (Å²) in [5, 5.41) is 10.2. The Balaban J connectivity index is 1.76. The molecule has 6 heteroatoms. The average molecular weight is 336 g/mol. The largest absolute Gasteiger partial charge is 0.368 e. The Morgan fingerprint density at radius 1 is 1.20 bits per heavy atom. The lowest BCUT2D eigenvalue weighted by molar-refractivity contribution is -0.124. The molecule has 6 nitrogen and oxygen atoms in total. The number of Topliss-reactive ketones (excluding diaryl/α,β-unsaturated/α-hetero) is 1. The Hall–Kier alpha value is -2.65.